The van der Waals surface area contributed by atoms with Crippen molar-refractivity contribution in [1.82, 2.24) is 5.32 Å². The molecule has 1 unspecified atom stereocenters. The highest BCUT2D eigenvalue weighted by molar-refractivity contribution is 5.17. The van der Waals surface area contributed by atoms with Gasteiger partial charge in [0, 0.05) is 6.04 Å². The van der Waals surface area contributed by atoms with Crippen molar-refractivity contribution in [2.75, 3.05) is 6.54 Å². The molecule has 2 aliphatic carbocycles. The summed E-state index contributed by atoms with van der Waals surface area (Å²) < 4.78 is 0. The SMILES string of the molecule is CCCNC(C1CCC(C)CC1)C1C(C)(C)C1(C)C. The van der Waals surface area contributed by atoms with Crippen molar-refractivity contribution >= 4 is 0 Å². The van der Waals surface area contributed by atoms with E-state index in [1.165, 1.54) is 38.6 Å². The normalized spacial score (nSPS) is 35.1. The summed E-state index contributed by atoms with van der Waals surface area (Å²) in [6.45, 7) is 15.8. The van der Waals surface area contributed by atoms with Crippen molar-refractivity contribution in [2.45, 2.75) is 79.7 Å². The third kappa shape index (κ3) is 2.73. The zero-order valence-electron chi connectivity index (χ0n) is 14.1. The van der Waals surface area contributed by atoms with E-state index in [2.05, 4.69) is 46.9 Å². The van der Waals surface area contributed by atoms with Gasteiger partial charge in [0.15, 0.2) is 0 Å². The van der Waals surface area contributed by atoms with Crippen LogP contribution in [0.25, 0.3) is 0 Å². The fourth-order valence-corrected chi connectivity index (χ4v) is 4.66. The van der Waals surface area contributed by atoms with Gasteiger partial charge in [-0.2, -0.15) is 0 Å². The lowest BCUT2D eigenvalue weighted by Gasteiger charge is -2.35. The Morgan fingerprint density at radius 3 is 1.95 bits per heavy atom. The molecule has 1 atom stereocenters. The van der Waals surface area contributed by atoms with Crippen LogP contribution >= 0.6 is 0 Å². The van der Waals surface area contributed by atoms with Crippen LogP contribution in [0.1, 0.15) is 73.6 Å². The lowest BCUT2D eigenvalue weighted by Crippen LogP contribution is -2.41. The van der Waals surface area contributed by atoms with Crippen molar-refractivity contribution in [1.29, 1.82) is 0 Å². The lowest BCUT2D eigenvalue weighted by molar-refractivity contribution is 0.198. The van der Waals surface area contributed by atoms with Crippen LogP contribution in [0.4, 0.5) is 0 Å². The Hall–Kier alpha value is -0.0400. The predicted octanol–water partition coefficient (Wildman–Crippen LogP) is 4.86. The van der Waals surface area contributed by atoms with Gasteiger partial charge in [-0.15, -0.1) is 0 Å². The van der Waals surface area contributed by atoms with Crippen molar-refractivity contribution in [2.24, 2.45) is 28.6 Å². The topological polar surface area (TPSA) is 12.0 Å². The fraction of sp³-hybridized carbons (Fsp3) is 1.00. The number of hydrogen-bond donors (Lipinski definition) is 1. The minimum atomic E-state index is 0.515. The average Bonchev–Trinajstić information content (AvgIpc) is 2.74. The molecule has 1 N–H and O–H groups in total. The van der Waals surface area contributed by atoms with Gasteiger partial charge in [0.2, 0.25) is 0 Å². The molecule has 0 heterocycles. The van der Waals surface area contributed by atoms with Gasteiger partial charge in [-0.25, -0.2) is 0 Å². The molecule has 2 saturated carbocycles. The monoisotopic (exact) mass is 265 g/mol. The van der Waals surface area contributed by atoms with Crippen molar-refractivity contribution in [3.63, 3.8) is 0 Å². The van der Waals surface area contributed by atoms with E-state index >= 15 is 0 Å². The summed E-state index contributed by atoms with van der Waals surface area (Å²) in [6.07, 6.45) is 7.05. The highest BCUT2D eigenvalue weighted by Crippen LogP contribution is 2.70. The minimum Gasteiger partial charge on any atom is -0.313 e. The summed E-state index contributed by atoms with van der Waals surface area (Å²) in [4.78, 5) is 0. The second-order valence-electron chi connectivity index (χ2n) is 8.42. The maximum atomic E-state index is 3.93. The highest BCUT2D eigenvalue weighted by Gasteiger charge is 2.67. The first kappa shape index (κ1) is 15.4. The van der Waals surface area contributed by atoms with Gasteiger partial charge in [0.25, 0.3) is 0 Å². The van der Waals surface area contributed by atoms with Gasteiger partial charge >= 0.3 is 0 Å². The Morgan fingerprint density at radius 1 is 1.00 bits per heavy atom. The van der Waals surface area contributed by atoms with E-state index in [0.717, 1.165) is 23.8 Å². The summed E-state index contributed by atoms with van der Waals surface area (Å²) in [5.41, 5.74) is 1.03. The third-order valence-electron chi connectivity index (χ3n) is 6.69. The summed E-state index contributed by atoms with van der Waals surface area (Å²) in [5, 5.41) is 3.93. The molecule has 0 saturated heterocycles. The summed E-state index contributed by atoms with van der Waals surface area (Å²) in [6, 6.07) is 0.762. The van der Waals surface area contributed by atoms with Crippen LogP contribution in [0.3, 0.4) is 0 Å². The number of hydrogen-bond acceptors (Lipinski definition) is 1. The Balaban J connectivity index is 2.05. The van der Waals surface area contributed by atoms with E-state index in [1.807, 2.05) is 0 Å². The van der Waals surface area contributed by atoms with Crippen LogP contribution in [0.5, 0.6) is 0 Å². The lowest BCUT2D eigenvalue weighted by atomic mass is 9.76. The van der Waals surface area contributed by atoms with Gasteiger partial charge in [-0.05, 0) is 54.4 Å². The van der Waals surface area contributed by atoms with Crippen molar-refractivity contribution in [3.05, 3.63) is 0 Å². The Bertz CT molecular complexity index is 283. The van der Waals surface area contributed by atoms with Gasteiger partial charge in [-0.3, -0.25) is 0 Å². The van der Waals surface area contributed by atoms with Gasteiger partial charge < -0.3 is 5.32 Å². The standard InChI is InChI=1S/C18H35N/c1-7-12-19-15(14-10-8-13(2)9-11-14)16-17(3,4)18(16,5)6/h13-16,19H,7-12H2,1-6H3. The number of rotatable bonds is 5. The Labute approximate surface area is 120 Å². The van der Waals surface area contributed by atoms with Crippen LogP contribution in [0.2, 0.25) is 0 Å². The van der Waals surface area contributed by atoms with Crippen LogP contribution in [0, 0.1) is 28.6 Å². The van der Waals surface area contributed by atoms with E-state index in [9.17, 15) is 0 Å². The molecule has 0 aromatic rings. The van der Waals surface area contributed by atoms with Gasteiger partial charge in [0.1, 0.15) is 0 Å². The van der Waals surface area contributed by atoms with E-state index in [0.29, 0.717) is 10.8 Å². The first-order valence-corrected chi connectivity index (χ1v) is 8.55. The minimum absolute atomic E-state index is 0.515. The summed E-state index contributed by atoms with van der Waals surface area (Å²) >= 11 is 0. The largest absolute Gasteiger partial charge is 0.313 e. The predicted molar refractivity (Wildman–Crippen MR) is 84.3 cm³/mol. The van der Waals surface area contributed by atoms with Crippen LogP contribution in [0.15, 0.2) is 0 Å². The molecule has 0 spiro atoms. The Morgan fingerprint density at radius 2 is 1.53 bits per heavy atom. The molecule has 0 radical (unpaired) electrons. The molecule has 0 aromatic heterocycles. The zero-order chi connectivity index (χ0) is 14.3. The molecule has 19 heavy (non-hydrogen) atoms. The first-order valence-electron chi connectivity index (χ1n) is 8.55. The molecule has 0 bridgehead atoms. The van der Waals surface area contributed by atoms with Crippen molar-refractivity contribution in [3.8, 4) is 0 Å². The maximum absolute atomic E-state index is 3.93. The van der Waals surface area contributed by atoms with E-state index < -0.39 is 0 Å². The molecular formula is C18H35N. The molecule has 0 aliphatic heterocycles. The highest BCUT2D eigenvalue weighted by atomic mass is 15.0. The van der Waals surface area contributed by atoms with E-state index in [1.54, 1.807) is 0 Å². The fourth-order valence-electron chi connectivity index (χ4n) is 4.66. The third-order valence-corrected chi connectivity index (χ3v) is 6.69. The van der Waals surface area contributed by atoms with Crippen LogP contribution < -0.4 is 5.32 Å². The van der Waals surface area contributed by atoms with Crippen LogP contribution in [-0.4, -0.2) is 12.6 Å². The second kappa shape index (κ2) is 5.39. The molecule has 112 valence electrons. The van der Waals surface area contributed by atoms with E-state index in [-0.39, 0.29) is 0 Å². The van der Waals surface area contributed by atoms with Crippen molar-refractivity contribution < 1.29 is 0 Å². The van der Waals surface area contributed by atoms with E-state index in [4.69, 9.17) is 0 Å². The molecule has 2 fully saturated rings. The molecule has 1 nitrogen and oxygen atoms in total. The zero-order valence-corrected chi connectivity index (χ0v) is 14.1. The molecule has 2 aliphatic rings. The van der Waals surface area contributed by atoms with Gasteiger partial charge in [-0.1, -0.05) is 54.4 Å². The first-order chi connectivity index (χ1) is 8.82. The smallest absolute Gasteiger partial charge is 0.0134 e. The number of nitrogens with one attached hydrogen (secondary N) is 1. The molecule has 0 aromatic carbocycles. The Kier molecular flexibility index (Phi) is 4.35. The molecule has 2 rings (SSSR count). The molecule has 0 amide bonds. The quantitative estimate of drug-likeness (QED) is 0.748. The molecular weight excluding hydrogens is 230 g/mol. The average molecular weight is 265 g/mol. The second-order valence-corrected chi connectivity index (χ2v) is 8.42. The summed E-state index contributed by atoms with van der Waals surface area (Å²) in [5.74, 6) is 2.75. The maximum Gasteiger partial charge on any atom is 0.0134 e. The molecule has 1 heteroatoms. The van der Waals surface area contributed by atoms with Gasteiger partial charge in [0.05, 0.1) is 0 Å². The summed E-state index contributed by atoms with van der Waals surface area (Å²) in [7, 11) is 0. The van der Waals surface area contributed by atoms with Crippen LogP contribution in [-0.2, 0) is 0 Å².